The number of hydrogen-bond donors (Lipinski definition) is 0. The van der Waals surface area contributed by atoms with Gasteiger partial charge in [0.1, 0.15) is 0 Å². The lowest BCUT2D eigenvalue weighted by molar-refractivity contribution is -0.0120. The molecule has 16 heavy (non-hydrogen) atoms. The van der Waals surface area contributed by atoms with E-state index in [0.717, 1.165) is 10.6 Å². The van der Waals surface area contributed by atoms with Gasteiger partial charge in [-0.2, -0.15) is 5.26 Å². The number of benzene rings is 1. The first-order valence-corrected chi connectivity index (χ1v) is 6.07. The van der Waals surface area contributed by atoms with E-state index >= 15 is 0 Å². The molecule has 1 nitrogen and oxygen atoms in total. The van der Waals surface area contributed by atoms with Gasteiger partial charge < -0.3 is 0 Å². The molecule has 1 rings (SSSR count). The van der Waals surface area contributed by atoms with Crippen LogP contribution in [0.4, 0.5) is 8.78 Å². The van der Waals surface area contributed by atoms with Gasteiger partial charge in [0.05, 0.1) is 6.07 Å². The third kappa shape index (κ3) is 3.49. The summed E-state index contributed by atoms with van der Waals surface area (Å²) in [5.41, 5.74) is -0.0109. The van der Waals surface area contributed by atoms with Crippen molar-refractivity contribution in [2.24, 2.45) is 0 Å². The average molecular weight is 241 g/mol. The van der Waals surface area contributed by atoms with E-state index in [1.54, 1.807) is 30.0 Å². The van der Waals surface area contributed by atoms with Crippen LogP contribution in [0.2, 0.25) is 0 Å². The Labute approximate surface area is 98.5 Å². The minimum atomic E-state index is -2.90. The van der Waals surface area contributed by atoms with Gasteiger partial charge in [-0.3, -0.25) is 0 Å². The van der Waals surface area contributed by atoms with Gasteiger partial charge in [-0.1, -0.05) is 19.1 Å². The molecule has 0 radical (unpaired) electrons. The summed E-state index contributed by atoms with van der Waals surface area (Å²) in [6.45, 7) is 2.01. The van der Waals surface area contributed by atoms with Crippen molar-refractivity contribution in [3.63, 3.8) is 0 Å². The molecule has 0 amide bonds. The maximum absolute atomic E-state index is 13.5. The minimum Gasteiger partial charge on any atom is -0.201 e. The molecule has 1 aromatic rings. The normalized spacial score (nSPS) is 11.1. The number of alkyl halides is 2. The zero-order valence-corrected chi connectivity index (χ0v) is 9.86. The van der Waals surface area contributed by atoms with Crippen LogP contribution >= 0.6 is 11.8 Å². The van der Waals surface area contributed by atoms with Gasteiger partial charge in [-0.25, -0.2) is 8.78 Å². The molecule has 1 aromatic carbocycles. The highest BCUT2D eigenvalue weighted by Gasteiger charge is 2.30. The van der Waals surface area contributed by atoms with E-state index in [2.05, 4.69) is 0 Å². The van der Waals surface area contributed by atoms with Crippen LogP contribution in [0.15, 0.2) is 29.2 Å². The first kappa shape index (κ1) is 13.0. The summed E-state index contributed by atoms with van der Waals surface area (Å²) < 4.78 is 27.0. The predicted octanol–water partition coefficient (Wildman–Crippen LogP) is 4.19. The fraction of sp³-hybridized carbons (Fsp3) is 0.417. The van der Waals surface area contributed by atoms with Crippen LogP contribution in [-0.2, 0) is 5.92 Å². The molecular weight excluding hydrogens is 228 g/mol. The number of nitriles is 1. The Morgan fingerprint density at radius 1 is 1.31 bits per heavy atom. The number of hydrogen-bond acceptors (Lipinski definition) is 2. The Kier molecular flexibility index (Phi) is 4.75. The molecule has 86 valence electrons. The number of nitrogens with zero attached hydrogens (tertiary/aromatic N) is 1. The Morgan fingerprint density at radius 3 is 2.44 bits per heavy atom. The van der Waals surface area contributed by atoms with E-state index in [1.807, 2.05) is 6.92 Å². The molecule has 0 aliphatic carbocycles. The molecule has 0 saturated heterocycles. The Bertz CT molecular complexity index is 368. The van der Waals surface area contributed by atoms with Crippen LogP contribution in [0.5, 0.6) is 0 Å². The van der Waals surface area contributed by atoms with Gasteiger partial charge in [-0.15, -0.1) is 11.8 Å². The van der Waals surface area contributed by atoms with Crippen molar-refractivity contribution in [2.75, 3.05) is 5.75 Å². The van der Waals surface area contributed by atoms with Crippen LogP contribution in [0.25, 0.3) is 0 Å². The molecule has 0 heterocycles. The SMILES string of the molecule is CCSc1ccc(C(F)(F)CCC#N)cc1. The van der Waals surface area contributed by atoms with Crippen LogP contribution in [0, 0.1) is 11.3 Å². The second kappa shape index (κ2) is 5.86. The predicted molar refractivity (Wildman–Crippen MR) is 61.6 cm³/mol. The van der Waals surface area contributed by atoms with E-state index < -0.39 is 12.3 Å². The largest absolute Gasteiger partial charge is 0.274 e. The van der Waals surface area contributed by atoms with Gasteiger partial charge in [0.25, 0.3) is 5.92 Å². The van der Waals surface area contributed by atoms with Crippen molar-refractivity contribution in [2.45, 2.75) is 30.6 Å². The minimum absolute atomic E-state index is 0.0109. The molecule has 0 saturated carbocycles. The van der Waals surface area contributed by atoms with Gasteiger partial charge in [-0.05, 0) is 17.9 Å². The summed E-state index contributed by atoms with van der Waals surface area (Å²) in [6.07, 6.45) is -0.539. The lowest BCUT2D eigenvalue weighted by atomic mass is 10.0. The highest BCUT2D eigenvalue weighted by molar-refractivity contribution is 7.99. The Balaban J connectivity index is 2.76. The smallest absolute Gasteiger partial charge is 0.201 e. The van der Waals surface area contributed by atoms with Gasteiger partial charge in [0.2, 0.25) is 0 Å². The Hall–Kier alpha value is -1.08. The summed E-state index contributed by atoms with van der Waals surface area (Å²) in [6, 6.07) is 8.02. The molecule has 0 aliphatic rings. The molecule has 4 heteroatoms. The van der Waals surface area contributed by atoms with Crippen molar-refractivity contribution in [1.29, 1.82) is 5.26 Å². The second-order valence-corrected chi connectivity index (χ2v) is 4.66. The summed E-state index contributed by atoms with van der Waals surface area (Å²) in [7, 11) is 0. The topological polar surface area (TPSA) is 23.8 Å². The third-order valence-corrected chi connectivity index (χ3v) is 3.03. The zero-order valence-electron chi connectivity index (χ0n) is 9.04. The monoisotopic (exact) mass is 241 g/mol. The maximum Gasteiger partial charge on any atom is 0.274 e. The zero-order chi connectivity index (χ0) is 12.0. The number of halogens is 2. The number of thioether (sulfide) groups is 1. The highest BCUT2D eigenvalue weighted by atomic mass is 32.2. The van der Waals surface area contributed by atoms with Crippen molar-refractivity contribution >= 4 is 11.8 Å². The van der Waals surface area contributed by atoms with Gasteiger partial charge in [0, 0.05) is 23.3 Å². The molecule has 0 spiro atoms. The van der Waals surface area contributed by atoms with Crippen LogP contribution in [0.3, 0.4) is 0 Å². The molecule has 0 fully saturated rings. The lowest BCUT2D eigenvalue weighted by Crippen LogP contribution is -2.12. The average Bonchev–Trinajstić information content (AvgIpc) is 2.28. The highest BCUT2D eigenvalue weighted by Crippen LogP contribution is 2.33. The third-order valence-electron chi connectivity index (χ3n) is 2.14. The van der Waals surface area contributed by atoms with E-state index in [9.17, 15) is 8.78 Å². The van der Waals surface area contributed by atoms with Crippen molar-refractivity contribution < 1.29 is 8.78 Å². The first-order valence-electron chi connectivity index (χ1n) is 5.08. The Morgan fingerprint density at radius 2 is 1.94 bits per heavy atom. The van der Waals surface area contributed by atoms with E-state index in [0.29, 0.717) is 0 Å². The van der Waals surface area contributed by atoms with E-state index in [4.69, 9.17) is 5.26 Å². The summed E-state index contributed by atoms with van der Waals surface area (Å²) in [5, 5.41) is 8.30. The maximum atomic E-state index is 13.5. The van der Waals surface area contributed by atoms with Crippen LogP contribution in [-0.4, -0.2) is 5.75 Å². The molecule has 0 N–H and O–H groups in total. The summed E-state index contributed by atoms with van der Waals surface area (Å²) >= 11 is 1.62. The fourth-order valence-electron chi connectivity index (χ4n) is 1.32. The molecule has 0 atom stereocenters. The summed E-state index contributed by atoms with van der Waals surface area (Å²) in [5.74, 6) is -1.98. The molecule has 0 bridgehead atoms. The second-order valence-electron chi connectivity index (χ2n) is 3.32. The van der Waals surface area contributed by atoms with E-state index in [1.165, 1.54) is 12.1 Å². The summed E-state index contributed by atoms with van der Waals surface area (Å²) in [4.78, 5) is 0.988. The molecule has 0 unspecified atom stereocenters. The van der Waals surface area contributed by atoms with E-state index in [-0.39, 0.29) is 12.0 Å². The standard InChI is InChI=1S/C12H13F2NS/c1-2-16-11-6-4-10(5-7-11)12(13,14)8-3-9-15/h4-7H,2-3,8H2,1H3. The van der Waals surface area contributed by atoms with Crippen LogP contribution in [0.1, 0.15) is 25.3 Å². The lowest BCUT2D eigenvalue weighted by Gasteiger charge is -2.15. The molecule has 0 aromatic heterocycles. The quantitative estimate of drug-likeness (QED) is 0.721. The number of rotatable bonds is 5. The molecular formula is C12H13F2NS. The van der Waals surface area contributed by atoms with Crippen molar-refractivity contribution in [1.82, 2.24) is 0 Å². The van der Waals surface area contributed by atoms with Gasteiger partial charge in [0.15, 0.2) is 0 Å². The molecule has 0 aliphatic heterocycles. The van der Waals surface area contributed by atoms with Gasteiger partial charge >= 0.3 is 0 Å². The van der Waals surface area contributed by atoms with Crippen molar-refractivity contribution in [3.8, 4) is 6.07 Å². The van der Waals surface area contributed by atoms with Crippen molar-refractivity contribution in [3.05, 3.63) is 29.8 Å². The fourth-order valence-corrected chi connectivity index (χ4v) is 1.98. The first-order chi connectivity index (χ1) is 7.60. The van der Waals surface area contributed by atoms with Crippen LogP contribution < -0.4 is 0 Å².